The molecule has 2 aromatic rings. The molecule has 0 fully saturated rings. The quantitative estimate of drug-likeness (QED) is 0.551. The fraction of sp³-hybridized carbons (Fsp3) is 0.0909. The molecule has 0 aliphatic carbocycles. The topological polar surface area (TPSA) is 75.9 Å². The van der Waals surface area contributed by atoms with Gasteiger partial charge in [0.05, 0.1) is 0 Å². The summed E-state index contributed by atoms with van der Waals surface area (Å²) in [6.07, 6.45) is 1.39. The van der Waals surface area contributed by atoms with Gasteiger partial charge in [-0.25, -0.2) is 20.2 Å². The molecule has 2 rings (SSSR count). The lowest BCUT2D eigenvalue weighted by molar-refractivity contribution is 0.626. The largest absolute Gasteiger partial charge is 0.366 e. The van der Waals surface area contributed by atoms with Gasteiger partial charge < -0.3 is 10.7 Å². The van der Waals surface area contributed by atoms with E-state index in [1.54, 1.807) is 12.1 Å². The van der Waals surface area contributed by atoms with Gasteiger partial charge in [0, 0.05) is 12.6 Å². The van der Waals surface area contributed by atoms with Crippen LogP contribution in [-0.2, 0) is 6.54 Å². The number of nitrogen functional groups attached to an aromatic ring is 1. The van der Waals surface area contributed by atoms with Crippen LogP contribution in [0.4, 0.5) is 16.0 Å². The second kappa shape index (κ2) is 5.22. The zero-order valence-corrected chi connectivity index (χ0v) is 9.02. The van der Waals surface area contributed by atoms with E-state index >= 15 is 0 Å². The maximum atomic E-state index is 12.9. The third kappa shape index (κ3) is 3.12. The number of aromatic nitrogens is 2. The Labute approximate surface area is 97.9 Å². The van der Waals surface area contributed by atoms with Crippen LogP contribution in [0, 0.1) is 5.82 Å². The SMILES string of the molecule is NNc1cc(NCc2cccc(F)c2)ncn1. The summed E-state index contributed by atoms with van der Waals surface area (Å²) < 4.78 is 12.9. The maximum Gasteiger partial charge on any atom is 0.145 e. The lowest BCUT2D eigenvalue weighted by Gasteiger charge is -2.06. The van der Waals surface area contributed by atoms with Gasteiger partial charge in [-0.15, -0.1) is 0 Å². The third-order valence-corrected chi connectivity index (χ3v) is 2.18. The van der Waals surface area contributed by atoms with Crippen molar-refractivity contribution in [1.29, 1.82) is 0 Å². The van der Waals surface area contributed by atoms with E-state index in [4.69, 9.17) is 5.84 Å². The molecule has 0 aliphatic heterocycles. The number of halogens is 1. The lowest BCUT2D eigenvalue weighted by Crippen LogP contribution is -2.10. The van der Waals surface area contributed by atoms with Crippen molar-refractivity contribution in [2.45, 2.75) is 6.54 Å². The summed E-state index contributed by atoms with van der Waals surface area (Å²) in [7, 11) is 0. The number of benzene rings is 1. The van der Waals surface area contributed by atoms with E-state index in [9.17, 15) is 4.39 Å². The van der Waals surface area contributed by atoms with E-state index in [0.29, 0.717) is 18.2 Å². The first-order valence-corrected chi connectivity index (χ1v) is 5.05. The van der Waals surface area contributed by atoms with Crippen LogP contribution in [0.25, 0.3) is 0 Å². The molecule has 0 atom stereocenters. The smallest absolute Gasteiger partial charge is 0.145 e. The zero-order chi connectivity index (χ0) is 12.1. The van der Waals surface area contributed by atoms with Crippen molar-refractivity contribution >= 4 is 11.6 Å². The van der Waals surface area contributed by atoms with Crippen LogP contribution < -0.4 is 16.6 Å². The second-order valence-corrected chi connectivity index (χ2v) is 3.42. The van der Waals surface area contributed by atoms with E-state index < -0.39 is 0 Å². The minimum atomic E-state index is -0.253. The molecule has 88 valence electrons. The number of hydrogen-bond donors (Lipinski definition) is 3. The Hall–Kier alpha value is -2.21. The normalized spacial score (nSPS) is 10.0. The number of hydrogen-bond acceptors (Lipinski definition) is 5. The Morgan fingerprint density at radius 3 is 2.76 bits per heavy atom. The Kier molecular flexibility index (Phi) is 3.46. The van der Waals surface area contributed by atoms with Crippen molar-refractivity contribution in [3.63, 3.8) is 0 Å². The third-order valence-electron chi connectivity index (χ3n) is 2.18. The van der Waals surface area contributed by atoms with Gasteiger partial charge in [-0.2, -0.15) is 0 Å². The number of nitrogens with two attached hydrogens (primary N) is 1. The molecule has 1 aromatic carbocycles. The molecule has 0 saturated heterocycles. The Morgan fingerprint density at radius 2 is 2.00 bits per heavy atom. The number of anilines is 2. The first kappa shape index (κ1) is 11.3. The van der Waals surface area contributed by atoms with Crippen molar-refractivity contribution < 1.29 is 4.39 Å². The van der Waals surface area contributed by atoms with Gasteiger partial charge in [0.1, 0.15) is 23.8 Å². The van der Waals surface area contributed by atoms with Crippen molar-refractivity contribution in [2.75, 3.05) is 10.7 Å². The average molecular weight is 233 g/mol. The minimum absolute atomic E-state index is 0.253. The van der Waals surface area contributed by atoms with Crippen molar-refractivity contribution in [2.24, 2.45) is 5.84 Å². The molecule has 0 radical (unpaired) electrons. The fourth-order valence-electron chi connectivity index (χ4n) is 1.37. The van der Waals surface area contributed by atoms with Crippen molar-refractivity contribution in [3.8, 4) is 0 Å². The highest BCUT2D eigenvalue weighted by Gasteiger charge is 1.98. The van der Waals surface area contributed by atoms with Gasteiger partial charge in [-0.05, 0) is 17.7 Å². The molecule has 0 saturated carbocycles. The highest BCUT2D eigenvalue weighted by Crippen LogP contribution is 2.10. The summed E-state index contributed by atoms with van der Waals surface area (Å²) in [6.45, 7) is 0.485. The maximum absolute atomic E-state index is 12.9. The molecule has 4 N–H and O–H groups in total. The number of hydrazine groups is 1. The lowest BCUT2D eigenvalue weighted by atomic mass is 10.2. The average Bonchev–Trinajstić information content (AvgIpc) is 2.37. The van der Waals surface area contributed by atoms with Crippen LogP contribution in [0.1, 0.15) is 5.56 Å². The van der Waals surface area contributed by atoms with Crippen molar-refractivity contribution in [1.82, 2.24) is 9.97 Å². The van der Waals surface area contributed by atoms with Gasteiger partial charge in [-0.3, -0.25) is 0 Å². The standard InChI is InChI=1S/C11H12FN5/c12-9-3-1-2-8(4-9)6-14-10-5-11(17-13)16-7-15-10/h1-5,7H,6,13H2,(H2,14,15,16,17). The van der Waals surface area contributed by atoms with Crippen LogP contribution >= 0.6 is 0 Å². The molecule has 0 aliphatic rings. The molecule has 0 unspecified atom stereocenters. The predicted octanol–water partition coefficient (Wildman–Crippen LogP) is 1.51. The number of nitrogens with one attached hydrogen (secondary N) is 2. The molecule has 0 spiro atoms. The van der Waals surface area contributed by atoms with Crippen LogP contribution in [0.2, 0.25) is 0 Å². The Balaban J connectivity index is 2.02. The summed E-state index contributed by atoms with van der Waals surface area (Å²) in [4.78, 5) is 7.89. The molecule has 1 aromatic heterocycles. The van der Waals surface area contributed by atoms with E-state index in [1.807, 2.05) is 6.07 Å². The second-order valence-electron chi connectivity index (χ2n) is 3.42. The molecule has 1 heterocycles. The number of nitrogens with zero attached hydrogens (tertiary/aromatic N) is 2. The van der Waals surface area contributed by atoms with Crippen LogP contribution in [0.5, 0.6) is 0 Å². The number of rotatable bonds is 4. The molecule has 5 nitrogen and oxygen atoms in total. The summed E-state index contributed by atoms with van der Waals surface area (Å²) in [6, 6.07) is 8.04. The predicted molar refractivity (Wildman–Crippen MR) is 63.6 cm³/mol. The van der Waals surface area contributed by atoms with Gasteiger partial charge in [-0.1, -0.05) is 12.1 Å². The van der Waals surface area contributed by atoms with Crippen LogP contribution in [0.15, 0.2) is 36.7 Å². The van der Waals surface area contributed by atoms with Gasteiger partial charge >= 0.3 is 0 Å². The first-order chi connectivity index (χ1) is 8.28. The summed E-state index contributed by atoms with van der Waals surface area (Å²) in [5.74, 6) is 6.11. The highest BCUT2D eigenvalue weighted by molar-refractivity contribution is 5.45. The zero-order valence-electron chi connectivity index (χ0n) is 9.02. The van der Waals surface area contributed by atoms with E-state index in [2.05, 4.69) is 20.7 Å². The molecule has 0 bridgehead atoms. The van der Waals surface area contributed by atoms with Crippen LogP contribution in [-0.4, -0.2) is 9.97 Å². The molecule has 0 amide bonds. The molecule has 17 heavy (non-hydrogen) atoms. The first-order valence-electron chi connectivity index (χ1n) is 5.05. The Bertz CT molecular complexity index is 503. The van der Waals surface area contributed by atoms with Gasteiger partial charge in [0.15, 0.2) is 0 Å². The summed E-state index contributed by atoms with van der Waals surface area (Å²) >= 11 is 0. The molecule has 6 heteroatoms. The minimum Gasteiger partial charge on any atom is -0.366 e. The van der Waals surface area contributed by atoms with E-state index in [0.717, 1.165) is 5.56 Å². The monoisotopic (exact) mass is 233 g/mol. The highest BCUT2D eigenvalue weighted by atomic mass is 19.1. The molecular formula is C11H12FN5. The Morgan fingerprint density at radius 1 is 1.18 bits per heavy atom. The summed E-state index contributed by atoms with van der Waals surface area (Å²) in [5.41, 5.74) is 3.26. The van der Waals surface area contributed by atoms with E-state index in [-0.39, 0.29) is 5.82 Å². The van der Waals surface area contributed by atoms with E-state index in [1.165, 1.54) is 18.5 Å². The molecular weight excluding hydrogens is 221 g/mol. The summed E-state index contributed by atoms with van der Waals surface area (Å²) in [5, 5.41) is 3.05. The van der Waals surface area contributed by atoms with Crippen LogP contribution in [0.3, 0.4) is 0 Å². The fourth-order valence-corrected chi connectivity index (χ4v) is 1.37. The van der Waals surface area contributed by atoms with Crippen molar-refractivity contribution in [3.05, 3.63) is 48.0 Å². The van der Waals surface area contributed by atoms with Gasteiger partial charge in [0.2, 0.25) is 0 Å². The van der Waals surface area contributed by atoms with Gasteiger partial charge in [0.25, 0.3) is 0 Å².